The van der Waals surface area contributed by atoms with E-state index in [1.807, 2.05) is 7.05 Å². The zero-order chi connectivity index (χ0) is 21.6. The minimum Gasteiger partial charge on any atom is -0.337 e. The van der Waals surface area contributed by atoms with Crippen LogP contribution in [0, 0.1) is 11.6 Å². The first kappa shape index (κ1) is 20.8. The Balaban J connectivity index is 1.51. The number of rotatable bonds is 2. The Morgan fingerprint density at radius 2 is 1.87 bits per heavy atom. The first-order valence-electron chi connectivity index (χ1n) is 9.75. The van der Waals surface area contributed by atoms with Gasteiger partial charge < -0.3 is 9.80 Å². The lowest BCUT2D eigenvalue weighted by atomic mass is 9.85. The molecule has 0 bridgehead atoms. The molecule has 1 fully saturated rings. The fraction of sp³-hybridized carbons (Fsp3) is 0.500. The Morgan fingerprint density at radius 3 is 2.53 bits per heavy atom. The Labute approximate surface area is 169 Å². The number of fused-ring (bicyclic) bond motifs is 1. The van der Waals surface area contributed by atoms with Gasteiger partial charge in [0.1, 0.15) is 11.6 Å². The average molecular weight is 428 g/mol. The highest BCUT2D eigenvalue weighted by molar-refractivity contribution is 5.94. The SMILES string of the molecule is CN1CCc2c(C(=O)N3CCC(c4cc(F)cc(F)c4C(F)(F)F)CC3)n[nH]c2C1. The van der Waals surface area contributed by atoms with Crippen molar-refractivity contribution in [3.8, 4) is 0 Å². The van der Waals surface area contributed by atoms with Crippen LogP contribution in [0.15, 0.2) is 12.1 Å². The standard InChI is InChI=1S/C20H21F5N4O/c1-28-5-4-13-16(10-28)26-27-18(13)19(30)29-6-2-11(3-7-29)14-8-12(21)9-15(22)17(14)20(23,24)25/h8-9,11H,2-7,10H2,1H3,(H,26,27). The third-order valence-corrected chi connectivity index (χ3v) is 5.92. The Hall–Kier alpha value is -2.49. The van der Waals surface area contributed by atoms with E-state index in [1.165, 1.54) is 0 Å². The number of hydrogen-bond donors (Lipinski definition) is 1. The van der Waals surface area contributed by atoms with E-state index in [0.717, 1.165) is 23.9 Å². The molecule has 1 N–H and O–H groups in total. The number of nitrogens with zero attached hydrogens (tertiary/aromatic N) is 3. The molecule has 1 amide bonds. The molecule has 30 heavy (non-hydrogen) atoms. The molecular formula is C20H21F5N4O. The molecule has 3 heterocycles. The number of piperidine rings is 1. The summed E-state index contributed by atoms with van der Waals surface area (Å²) in [5.41, 5.74) is 0.328. The number of likely N-dealkylation sites (tertiary alicyclic amines) is 1. The van der Waals surface area contributed by atoms with Gasteiger partial charge in [0.15, 0.2) is 5.69 Å². The largest absolute Gasteiger partial charge is 0.419 e. The number of hydrogen-bond acceptors (Lipinski definition) is 3. The summed E-state index contributed by atoms with van der Waals surface area (Å²) >= 11 is 0. The van der Waals surface area contributed by atoms with Crippen molar-refractivity contribution in [3.63, 3.8) is 0 Å². The summed E-state index contributed by atoms with van der Waals surface area (Å²) in [6.45, 7) is 1.87. The maximum atomic E-state index is 13.9. The maximum Gasteiger partial charge on any atom is 0.419 e. The number of nitrogens with one attached hydrogen (secondary N) is 1. The van der Waals surface area contributed by atoms with E-state index in [2.05, 4.69) is 15.1 Å². The molecule has 0 radical (unpaired) electrons. The highest BCUT2D eigenvalue weighted by Gasteiger charge is 2.40. The third kappa shape index (κ3) is 3.80. The Kier molecular flexibility index (Phi) is 5.29. The van der Waals surface area contributed by atoms with Gasteiger partial charge in [-0.25, -0.2) is 8.78 Å². The highest BCUT2D eigenvalue weighted by atomic mass is 19.4. The van der Waals surface area contributed by atoms with Gasteiger partial charge >= 0.3 is 6.18 Å². The van der Waals surface area contributed by atoms with Crippen molar-refractivity contribution < 1.29 is 26.7 Å². The molecule has 1 aromatic heterocycles. The molecule has 0 atom stereocenters. The number of amides is 1. The molecule has 2 aliphatic rings. The number of likely N-dealkylation sites (N-methyl/N-ethyl adjacent to an activating group) is 1. The van der Waals surface area contributed by atoms with Crippen molar-refractivity contribution in [2.45, 2.75) is 37.9 Å². The normalized spacial score (nSPS) is 18.5. The summed E-state index contributed by atoms with van der Waals surface area (Å²) in [7, 11) is 1.97. The highest BCUT2D eigenvalue weighted by Crippen LogP contribution is 2.41. The van der Waals surface area contributed by atoms with E-state index in [0.29, 0.717) is 18.7 Å². The summed E-state index contributed by atoms with van der Waals surface area (Å²) in [6, 6.07) is 1.01. The summed E-state index contributed by atoms with van der Waals surface area (Å²) in [5, 5.41) is 7.06. The molecule has 0 spiro atoms. The lowest BCUT2D eigenvalue weighted by Crippen LogP contribution is -2.39. The molecule has 0 unspecified atom stereocenters. The number of halogens is 5. The fourth-order valence-corrected chi connectivity index (χ4v) is 4.39. The molecule has 10 heteroatoms. The molecule has 1 saturated heterocycles. The van der Waals surface area contributed by atoms with Gasteiger partial charge in [0.05, 0.1) is 11.3 Å². The summed E-state index contributed by atoms with van der Waals surface area (Å²) in [5.74, 6) is -3.60. The molecule has 0 aliphatic carbocycles. The maximum absolute atomic E-state index is 13.9. The van der Waals surface area contributed by atoms with Gasteiger partial charge in [0, 0.05) is 37.8 Å². The van der Waals surface area contributed by atoms with E-state index in [4.69, 9.17) is 0 Å². The molecule has 162 valence electrons. The minimum atomic E-state index is -4.92. The van der Waals surface area contributed by atoms with E-state index in [1.54, 1.807) is 4.90 Å². The molecule has 5 nitrogen and oxygen atoms in total. The lowest BCUT2D eigenvalue weighted by Gasteiger charge is -2.33. The zero-order valence-corrected chi connectivity index (χ0v) is 16.3. The predicted molar refractivity (Wildman–Crippen MR) is 97.9 cm³/mol. The molecular weight excluding hydrogens is 407 g/mol. The fourth-order valence-electron chi connectivity index (χ4n) is 4.39. The monoisotopic (exact) mass is 428 g/mol. The number of carbonyl (C=O) groups is 1. The molecule has 4 rings (SSSR count). The van der Waals surface area contributed by atoms with Crippen molar-refractivity contribution >= 4 is 5.91 Å². The second-order valence-corrected chi connectivity index (χ2v) is 7.93. The van der Waals surface area contributed by atoms with Gasteiger partial charge in [-0.1, -0.05) is 0 Å². The summed E-state index contributed by atoms with van der Waals surface area (Å²) < 4.78 is 67.5. The minimum absolute atomic E-state index is 0.188. The zero-order valence-electron chi connectivity index (χ0n) is 16.3. The molecule has 1 aromatic carbocycles. The second-order valence-electron chi connectivity index (χ2n) is 7.93. The van der Waals surface area contributed by atoms with Crippen molar-refractivity contribution in [3.05, 3.63) is 51.8 Å². The van der Waals surface area contributed by atoms with Crippen LogP contribution in [0.4, 0.5) is 22.0 Å². The van der Waals surface area contributed by atoms with Crippen LogP contribution in [0.25, 0.3) is 0 Å². The first-order chi connectivity index (χ1) is 14.1. The topological polar surface area (TPSA) is 52.2 Å². The van der Waals surface area contributed by atoms with Crippen LogP contribution in [0.2, 0.25) is 0 Å². The number of aromatic amines is 1. The number of aromatic nitrogens is 2. The van der Waals surface area contributed by atoms with Gasteiger partial charge in [-0.3, -0.25) is 9.89 Å². The van der Waals surface area contributed by atoms with E-state index in [9.17, 15) is 26.7 Å². The number of benzene rings is 1. The van der Waals surface area contributed by atoms with Crippen molar-refractivity contribution in [2.24, 2.45) is 0 Å². The van der Waals surface area contributed by atoms with Crippen LogP contribution in [-0.4, -0.2) is 52.6 Å². The van der Waals surface area contributed by atoms with Gasteiger partial charge in [-0.15, -0.1) is 0 Å². The summed E-state index contributed by atoms with van der Waals surface area (Å²) in [4.78, 5) is 16.6. The Bertz CT molecular complexity index is 963. The van der Waals surface area contributed by atoms with Gasteiger partial charge in [0.25, 0.3) is 5.91 Å². The quantitative estimate of drug-likeness (QED) is 0.742. The lowest BCUT2D eigenvalue weighted by molar-refractivity contribution is -0.141. The van der Waals surface area contributed by atoms with Crippen molar-refractivity contribution in [2.75, 3.05) is 26.7 Å². The average Bonchev–Trinajstić information content (AvgIpc) is 3.08. The predicted octanol–water partition coefficient (Wildman–Crippen LogP) is 3.71. The molecule has 0 saturated carbocycles. The van der Waals surface area contributed by atoms with Gasteiger partial charge in [0.2, 0.25) is 0 Å². The van der Waals surface area contributed by atoms with Crippen molar-refractivity contribution in [1.29, 1.82) is 0 Å². The van der Waals surface area contributed by atoms with Crippen LogP contribution < -0.4 is 0 Å². The van der Waals surface area contributed by atoms with Crippen LogP contribution in [0.5, 0.6) is 0 Å². The molecule has 2 aromatic rings. The number of H-pyrrole nitrogens is 1. The number of carbonyl (C=O) groups excluding carboxylic acids is 1. The van der Waals surface area contributed by atoms with Crippen LogP contribution in [0.1, 0.15) is 51.6 Å². The van der Waals surface area contributed by atoms with E-state index in [-0.39, 0.29) is 43.5 Å². The third-order valence-electron chi connectivity index (χ3n) is 5.92. The van der Waals surface area contributed by atoms with Crippen LogP contribution in [-0.2, 0) is 19.1 Å². The van der Waals surface area contributed by atoms with E-state index < -0.39 is 29.3 Å². The van der Waals surface area contributed by atoms with Crippen LogP contribution in [0.3, 0.4) is 0 Å². The van der Waals surface area contributed by atoms with E-state index >= 15 is 0 Å². The smallest absolute Gasteiger partial charge is 0.337 e. The van der Waals surface area contributed by atoms with Crippen molar-refractivity contribution in [1.82, 2.24) is 20.0 Å². The van der Waals surface area contributed by atoms with Gasteiger partial charge in [-0.05, 0) is 43.9 Å². The number of alkyl halides is 3. The molecule has 2 aliphatic heterocycles. The van der Waals surface area contributed by atoms with Crippen LogP contribution >= 0.6 is 0 Å². The summed E-state index contributed by atoms with van der Waals surface area (Å²) in [6.07, 6.45) is -3.85. The van der Waals surface area contributed by atoms with Gasteiger partial charge in [-0.2, -0.15) is 18.3 Å². The second kappa shape index (κ2) is 7.64. The first-order valence-corrected chi connectivity index (χ1v) is 9.75. The Morgan fingerprint density at radius 1 is 1.17 bits per heavy atom.